The van der Waals surface area contributed by atoms with Gasteiger partial charge in [0.05, 0.1) is 16.8 Å². The van der Waals surface area contributed by atoms with E-state index in [-0.39, 0.29) is 5.56 Å². The van der Waals surface area contributed by atoms with E-state index in [2.05, 4.69) is 5.32 Å². The van der Waals surface area contributed by atoms with Crippen molar-refractivity contribution in [3.63, 3.8) is 0 Å². The number of hydrogen-bond acceptors (Lipinski definition) is 4. The zero-order valence-corrected chi connectivity index (χ0v) is 14.9. The SMILES string of the molecule is CNCC(=Cc1cc(F)c(C(=O)O)cc1F)B1OC(C)(C)C(C)(C)O1. The Morgan fingerprint density at radius 1 is 1.20 bits per heavy atom. The molecule has 0 aromatic heterocycles. The number of halogens is 2. The highest BCUT2D eigenvalue weighted by Crippen LogP contribution is 2.38. The standard InChI is InChI=1S/C17H22BF2NO4/c1-16(2)17(3,4)25-18(24-16)11(9-21-5)6-10-7-14(20)12(15(22)23)8-13(10)19/h6-8,21H,9H2,1-5H3,(H,22,23). The van der Waals surface area contributed by atoms with E-state index in [1.54, 1.807) is 7.05 Å². The first kappa shape index (κ1) is 19.6. The van der Waals surface area contributed by atoms with Crippen LogP contribution < -0.4 is 5.32 Å². The average molecular weight is 353 g/mol. The molecular formula is C17H22BF2NO4. The first-order valence-corrected chi connectivity index (χ1v) is 7.91. The quantitative estimate of drug-likeness (QED) is 0.797. The van der Waals surface area contributed by atoms with Gasteiger partial charge in [0.2, 0.25) is 0 Å². The smallest absolute Gasteiger partial charge is 0.478 e. The summed E-state index contributed by atoms with van der Waals surface area (Å²) >= 11 is 0. The third-order valence-electron chi connectivity index (χ3n) is 4.59. The average Bonchev–Trinajstić information content (AvgIpc) is 2.70. The molecular weight excluding hydrogens is 331 g/mol. The zero-order valence-electron chi connectivity index (χ0n) is 14.9. The van der Waals surface area contributed by atoms with E-state index >= 15 is 0 Å². The largest absolute Gasteiger partial charge is 0.491 e. The third-order valence-corrected chi connectivity index (χ3v) is 4.59. The first-order chi connectivity index (χ1) is 11.5. The first-order valence-electron chi connectivity index (χ1n) is 7.91. The Morgan fingerprint density at radius 3 is 2.24 bits per heavy atom. The Kier molecular flexibility index (Phi) is 5.37. The Labute approximate surface area is 146 Å². The zero-order chi connectivity index (χ0) is 19.0. The molecule has 1 aromatic carbocycles. The molecule has 8 heteroatoms. The van der Waals surface area contributed by atoms with Gasteiger partial charge in [-0.05, 0) is 52.3 Å². The highest BCUT2D eigenvalue weighted by molar-refractivity contribution is 6.55. The number of aromatic carboxylic acids is 1. The lowest BCUT2D eigenvalue weighted by Gasteiger charge is -2.32. The van der Waals surface area contributed by atoms with Gasteiger partial charge in [0, 0.05) is 12.1 Å². The molecule has 0 unspecified atom stereocenters. The van der Waals surface area contributed by atoms with Gasteiger partial charge in [-0.3, -0.25) is 0 Å². The number of nitrogens with one attached hydrogen (secondary N) is 1. The lowest BCUT2D eigenvalue weighted by Crippen LogP contribution is -2.41. The maximum atomic E-state index is 14.2. The summed E-state index contributed by atoms with van der Waals surface area (Å²) < 4.78 is 40.0. The van der Waals surface area contributed by atoms with Crippen LogP contribution in [0.25, 0.3) is 6.08 Å². The fourth-order valence-electron chi connectivity index (χ4n) is 2.44. The second kappa shape index (κ2) is 6.86. The van der Waals surface area contributed by atoms with Crippen LogP contribution in [0.3, 0.4) is 0 Å². The van der Waals surface area contributed by atoms with E-state index in [1.165, 1.54) is 6.08 Å². The second-order valence-electron chi connectivity index (χ2n) is 7.00. The van der Waals surface area contributed by atoms with E-state index in [1.807, 2.05) is 27.7 Å². The summed E-state index contributed by atoms with van der Waals surface area (Å²) in [6.45, 7) is 7.91. The van der Waals surface area contributed by atoms with E-state index in [0.717, 1.165) is 6.07 Å². The second-order valence-corrected chi connectivity index (χ2v) is 7.00. The highest BCUT2D eigenvalue weighted by atomic mass is 19.1. The van der Waals surface area contributed by atoms with Crippen molar-refractivity contribution in [3.8, 4) is 0 Å². The molecule has 0 spiro atoms. The molecule has 0 atom stereocenters. The van der Waals surface area contributed by atoms with Gasteiger partial charge in [-0.2, -0.15) is 0 Å². The monoisotopic (exact) mass is 353 g/mol. The minimum absolute atomic E-state index is 0.0672. The summed E-state index contributed by atoms with van der Waals surface area (Å²) in [5, 5.41) is 11.8. The molecule has 5 nitrogen and oxygen atoms in total. The molecule has 1 aliphatic rings. The van der Waals surface area contributed by atoms with Gasteiger partial charge in [0.15, 0.2) is 0 Å². The van der Waals surface area contributed by atoms with Gasteiger partial charge in [0.1, 0.15) is 11.6 Å². The number of hydrogen-bond donors (Lipinski definition) is 2. The van der Waals surface area contributed by atoms with Gasteiger partial charge in [-0.15, -0.1) is 0 Å². The van der Waals surface area contributed by atoms with Gasteiger partial charge < -0.3 is 19.7 Å². The fraction of sp³-hybridized carbons (Fsp3) is 0.471. The van der Waals surface area contributed by atoms with Crippen LogP contribution in [-0.2, 0) is 9.31 Å². The van der Waals surface area contributed by atoms with Crippen molar-refractivity contribution in [1.29, 1.82) is 0 Å². The van der Waals surface area contributed by atoms with Crippen LogP contribution in [0.2, 0.25) is 0 Å². The summed E-state index contributed by atoms with van der Waals surface area (Å²) in [6.07, 6.45) is 1.42. The predicted octanol–water partition coefficient (Wildman–Crippen LogP) is 2.90. The molecule has 136 valence electrons. The van der Waals surface area contributed by atoms with E-state index in [9.17, 15) is 13.6 Å². The molecule has 0 radical (unpaired) electrons. The minimum atomic E-state index is -1.52. The number of carboxylic acid groups (broad SMARTS) is 1. The van der Waals surface area contributed by atoms with Crippen molar-refractivity contribution in [1.82, 2.24) is 5.32 Å². The Hall–Kier alpha value is -1.77. The van der Waals surface area contributed by atoms with Crippen molar-refractivity contribution in [2.75, 3.05) is 13.6 Å². The van der Waals surface area contributed by atoms with Crippen LogP contribution in [-0.4, -0.2) is 43.0 Å². The van der Waals surface area contributed by atoms with E-state index in [0.29, 0.717) is 18.1 Å². The Morgan fingerprint density at radius 2 is 1.76 bits per heavy atom. The summed E-state index contributed by atoms with van der Waals surface area (Å²) in [5.41, 5.74) is -1.34. The molecule has 0 saturated carbocycles. The number of carbonyl (C=O) groups is 1. The molecule has 1 heterocycles. The van der Waals surface area contributed by atoms with Gasteiger partial charge in [-0.25, -0.2) is 13.6 Å². The summed E-state index contributed by atoms with van der Waals surface area (Å²) in [5.74, 6) is -3.35. The Balaban J connectivity index is 2.42. The minimum Gasteiger partial charge on any atom is -0.478 e. The van der Waals surface area contributed by atoms with Crippen LogP contribution in [0.5, 0.6) is 0 Å². The van der Waals surface area contributed by atoms with Crippen LogP contribution >= 0.6 is 0 Å². The molecule has 0 bridgehead atoms. The number of rotatable bonds is 5. The summed E-state index contributed by atoms with van der Waals surface area (Å²) in [7, 11) is 0.989. The molecule has 0 amide bonds. The maximum absolute atomic E-state index is 14.2. The molecule has 1 aromatic rings. The van der Waals surface area contributed by atoms with Gasteiger partial charge in [-0.1, -0.05) is 6.08 Å². The van der Waals surface area contributed by atoms with E-state index < -0.39 is 41.5 Å². The predicted molar refractivity (Wildman–Crippen MR) is 91.3 cm³/mol. The van der Waals surface area contributed by atoms with E-state index in [4.69, 9.17) is 14.4 Å². The molecule has 2 rings (SSSR count). The number of benzene rings is 1. The lowest BCUT2D eigenvalue weighted by molar-refractivity contribution is 0.00578. The van der Waals surface area contributed by atoms with Crippen molar-refractivity contribution < 1.29 is 28.0 Å². The number of carboxylic acids is 1. The van der Waals surface area contributed by atoms with Gasteiger partial charge in [0.25, 0.3) is 0 Å². The normalized spacial score (nSPS) is 19.3. The molecule has 25 heavy (non-hydrogen) atoms. The van der Waals surface area contributed by atoms with Crippen LogP contribution in [0.1, 0.15) is 43.6 Å². The lowest BCUT2D eigenvalue weighted by atomic mass is 9.77. The van der Waals surface area contributed by atoms with Crippen molar-refractivity contribution >= 4 is 19.2 Å². The molecule has 0 aliphatic carbocycles. The third kappa shape index (κ3) is 3.91. The summed E-state index contributed by atoms with van der Waals surface area (Å²) in [4.78, 5) is 10.9. The summed E-state index contributed by atoms with van der Waals surface area (Å²) in [6, 6.07) is 1.53. The molecule has 1 saturated heterocycles. The van der Waals surface area contributed by atoms with Crippen molar-refractivity contribution in [3.05, 3.63) is 40.4 Å². The van der Waals surface area contributed by atoms with Crippen molar-refractivity contribution in [2.24, 2.45) is 0 Å². The Bertz CT molecular complexity index is 703. The van der Waals surface area contributed by atoms with Crippen LogP contribution in [0, 0.1) is 11.6 Å². The van der Waals surface area contributed by atoms with Crippen molar-refractivity contribution in [2.45, 2.75) is 38.9 Å². The fourth-order valence-corrected chi connectivity index (χ4v) is 2.44. The number of likely N-dealkylation sites (N-methyl/N-ethyl adjacent to an activating group) is 1. The maximum Gasteiger partial charge on any atom is 0.491 e. The van der Waals surface area contributed by atoms with Crippen LogP contribution in [0.15, 0.2) is 17.6 Å². The highest BCUT2D eigenvalue weighted by Gasteiger charge is 2.52. The molecule has 2 N–H and O–H groups in total. The molecule has 1 fully saturated rings. The van der Waals surface area contributed by atoms with Gasteiger partial charge >= 0.3 is 13.1 Å². The van der Waals surface area contributed by atoms with Crippen LogP contribution in [0.4, 0.5) is 8.78 Å². The molecule has 1 aliphatic heterocycles. The topological polar surface area (TPSA) is 67.8 Å².